The molecule has 2 saturated carbocycles. The highest BCUT2D eigenvalue weighted by Crippen LogP contribution is 2.62. The van der Waals surface area contributed by atoms with E-state index in [2.05, 4.69) is 6.92 Å². The second kappa shape index (κ2) is 3.00. The Kier molecular flexibility index (Phi) is 2.09. The fourth-order valence-electron chi connectivity index (χ4n) is 2.71. The van der Waals surface area contributed by atoms with E-state index in [0.717, 1.165) is 12.3 Å². The maximum atomic E-state index is 11.3. The first-order valence-electron chi connectivity index (χ1n) is 5.26. The lowest BCUT2D eigenvalue weighted by atomic mass is 9.79. The Labute approximate surface area is 79.7 Å². The van der Waals surface area contributed by atoms with Crippen LogP contribution in [0.25, 0.3) is 0 Å². The first-order chi connectivity index (χ1) is 6.18. The summed E-state index contributed by atoms with van der Waals surface area (Å²) in [5.74, 6) is 1.13. The monoisotopic (exact) mass is 182 g/mol. The molecule has 2 aliphatic rings. The summed E-state index contributed by atoms with van der Waals surface area (Å²) in [6, 6.07) is 0. The third-order valence-electron chi connectivity index (χ3n) is 3.95. The van der Waals surface area contributed by atoms with Gasteiger partial charge in [-0.25, -0.2) is 0 Å². The molecular weight excluding hydrogens is 164 g/mol. The van der Waals surface area contributed by atoms with E-state index in [1.54, 1.807) is 0 Å². The van der Waals surface area contributed by atoms with Gasteiger partial charge in [-0.1, -0.05) is 19.8 Å². The van der Waals surface area contributed by atoms with E-state index in [1.807, 2.05) is 0 Å². The topological polar surface area (TPSA) is 26.3 Å². The van der Waals surface area contributed by atoms with Crippen molar-refractivity contribution in [3.63, 3.8) is 0 Å². The maximum Gasteiger partial charge on any atom is 0.309 e. The Balaban J connectivity index is 1.92. The highest BCUT2D eigenvalue weighted by molar-refractivity contribution is 5.76. The van der Waals surface area contributed by atoms with Crippen molar-refractivity contribution in [2.24, 2.45) is 17.3 Å². The summed E-state index contributed by atoms with van der Waals surface area (Å²) in [4.78, 5) is 11.3. The van der Waals surface area contributed by atoms with Gasteiger partial charge in [-0.3, -0.25) is 4.79 Å². The van der Waals surface area contributed by atoms with Gasteiger partial charge >= 0.3 is 5.97 Å². The Morgan fingerprint density at radius 1 is 1.38 bits per heavy atom. The summed E-state index contributed by atoms with van der Waals surface area (Å²) in [6.45, 7) is 2.31. The van der Waals surface area contributed by atoms with Gasteiger partial charge in [0.1, 0.15) is 0 Å². The molecule has 0 saturated heterocycles. The Morgan fingerprint density at radius 2 is 2.00 bits per heavy atom. The minimum atomic E-state index is 0.0227. The molecule has 2 aliphatic carbocycles. The van der Waals surface area contributed by atoms with Gasteiger partial charge in [-0.2, -0.15) is 0 Å². The third kappa shape index (κ3) is 1.47. The molecule has 0 radical (unpaired) electrons. The SMILES string of the molecule is COC(=O)C1CC12CCC(C)CC2. The number of esters is 1. The van der Waals surface area contributed by atoms with E-state index in [4.69, 9.17) is 4.74 Å². The zero-order valence-corrected chi connectivity index (χ0v) is 8.51. The van der Waals surface area contributed by atoms with Crippen LogP contribution in [0.1, 0.15) is 39.0 Å². The van der Waals surface area contributed by atoms with Crippen LogP contribution >= 0.6 is 0 Å². The van der Waals surface area contributed by atoms with Crippen molar-refractivity contribution in [2.75, 3.05) is 7.11 Å². The number of ether oxygens (including phenoxy) is 1. The normalized spacial score (nSPS) is 43.2. The molecule has 1 unspecified atom stereocenters. The van der Waals surface area contributed by atoms with Crippen LogP contribution in [0.2, 0.25) is 0 Å². The van der Waals surface area contributed by atoms with E-state index in [-0.39, 0.29) is 11.9 Å². The van der Waals surface area contributed by atoms with Gasteiger partial charge in [0.25, 0.3) is 0 Å². The van der Waals surface area contributed by atoms with Gasteiger partial charge < -0.3 is 4.74 Å². The Morgan fingerprint density at radius 3 is 2.54 bits per heavy atom. The van der Waals surface area contributed by atoms with Gasteiger partial charge in [0.05, 0.1) is 13.0 Å². The lowest BCUT2D eigenvalue weighted by Gasteiger charge is -2.26. The summed E-state index contributed by atoms with van der Waals surface area (Å²) < 4.78 is 4.79. The molecule has 13 heavy (non-hydrogen) atoms. The number of carbonyl (C=O) groups excluding carboxylic acids is 1. The Bertz CT molecular complexity index is 214. The lowest BCUT2D eigenvalue weighted by Crippen LogP contribution is -2.18. The van der Waals surface area contributed by atoms with Crippen molar-refractivity contribution in [1.29, 1.82) is 0 Å². The fraction of sp³-hybridized carbons (Fsp3) is 0.909. The molecule has 2 heteroatoms. The van der Waals surface area contributed by atoms with Gasteiger partial charge in [-0.15, -0.1) is 0 Å². The van der Waals surface area contributed by atoms with Crippen LogP contribution in [0.3, 0.4) is 0 Å². The van der Waals surface area contributed by atoms with Crippen molar-refractivity contribution in [1.82, 2.24) is 0 Å². The molecule has 0 aromatic carbocycles. The number of hydrogen-bond donors (Lipinski definition) is 0. The molecule has 0 amide bonds. The molecule has 0 heterocycles. The smallest absolute Gasteiger partial charge is 0.309 e. The summed E-state index contributed by atoms with van der Waals surface area (Å²) in [5, 5.41) is 0. The van der Waals surface area contributed by atoms with E-state index in [9.17, 15) is 4.79 Å². The minimum absolute atomic E-state index is 0.0227. The van der Waals surface area contributed by atoms with Crippen LogP contribution in [-0.2, 0) is 9.53 Å². The van der Waals surface area contributed by atoms with E-state index >= 15 is 0 Å². The quantitative estimate of drug-likeness (QED) is 0.582. The van der Waals surface area contributed by atoms with Crippen molar-refractivity contribution in [3.05, 3.63) is 0 Å². The first kappa shape index (κ1) is 9.04. The molecule has 2 rings (SSSR count). The summed E-state index contributed by atoms with van der Waals surface area (Å²) in [5.41, 5.74) is 0.375. The van der Waals surface area contributed by atoms with E-state index < -0.39 is 0 Å². The highest BCUT2D eigenvalue weighted by Gasteiger charge is 2.58. The molecule has 0 aromatic rings. The molecule has 2 nitrogen and oxygen atoms in total. The average Bonchev–Trinajstić information content (AvgIpc) is 2.85. The predicted octanol–water partition coefficient (Wildman–Crippen LogP) is 2.38. The lowest BCUT2D eigenvalue weighted by molar-refractivity contribution is -0.143. The van der Waals surface area contributed by atoms with Crippen LogP contribution < -0.4 is 0 Å². The predicted molar refractivity (Wildman–Crippen MR) is 50.2 cm³/mol. The zero-order valence-electron chi connectivity index (χ0n) is 8.51. The summed E-state index contributed by atoms with van der Waals surface area (Å²) in [6.07, 6.45) is 6.18. The van der Waals surface area contributed by atoms with Crippen LogP contribution in [-0.4, -0.2) is 13.1 Å². The average molecular weight is 182 g/mol. The molecule has 1 spiro atoms. The van der Waals surface area contributed by atoms with Crippen LogP contribution in [0, 0.1) is 17.3 Å². The van der Waals surface area contributed by atoms with Crippen molar-refractivity contribution < 1.29 is 9.53 Å². The molecule has 0 aliphatic heterocycles. The number of hydrogen-bond acceptors (Lipinski definition) is 2. The maximum absolute atomic E-state index is 11.3. The van der Waals surface area contributed by atoms with Gasteiger partial charge in [0.2, 0.25) is 0 Å². The van der Waals surface area contributed by atoms with E-state index in [0.29, 0.717) is 5.41 Å². The van der Waals surface area contributed by atoms with Crippen LogP contribution in [0.5, 0.6) is 0 Å². The van der Waals surface area contributed by atoms with Gasteiger partial charge in [0.15, 0.2) is 0 Å². The molecule has 2 fully saturated rings. The standard InChI is InChI=1S/C11H18O2/c1-8-3-5-11(6-4-8)7-9(11)10(12)13-2/h8-9H,3-7H2,1-2H3. The summed E-state index contributed by atoms with van der Waals surface area (Å²) >= 11 is 0. The first-order valence-corrected chi connectivity index (χ1v) is 5.26. The second-order valence-electron chi connectivity index (χ2n) is 4.82. The molecule has 0 N–H and O–H groups in total. The molecule has 74 valence electrons. The fourth-order valence-corrected chi connectivity index (χ4v) is 2.71. The van der Waals surface area contributed by atoms with Crippen molar-refractivity contribution in [2.45, 2.75) is 39.0 Å². The van der Waals surface area contributed by atoms with Gasteiger partial charge in [0, 0.05) is 0 Å². The zero-order chi connectivity index (χ0) is 9.47. The minimum Gasteiger partial charge on any atom is -0.469 e. The molecule has 0 bridgehead atoms. The van der Waals surface area contributed by atoms with Crippen LogP contribution in [0.4, 0.5) is 0 Å². The molecular formula is C11H18O2. The number of methoxy groups -OCH3 is 1. The largest absolute Gasteiger partial charge is 0.469 e. The van der Waals surface area contributed by atoms with Crippen molar-refractivity contribution in [3.8, 4) is 0 Å². The third-order valence-corrected chi connectivity index (χ3v) is 3.95. The molecule has 1 atom stereocenters. The number of carbonyl (C=O) groups is 1. The second-order valence-corrected chi connectivity index (χ2v) is 4.82. The van der Waals surface area contributed by atoms with Crippen molar-refractivity contribution >= 4 is 5.97 Å². The summed E-state index contributed by atoms with van der Waals surface area (Å²) in [7, 11) is 1.50. The Hall–Kier alpha value is -0.530. The molecule has 0 aromatic heterocycles. The van der Waals surface area contributed by atoms with Crippen LogP contribution in [0.15, 0.2) is 0 Å². The van der Waals surface area contributed by atoms with Gasteiger partial charge in [-0.05, 0) is 30.6 Å². The number of rotatable bonds is 1. The van der Waals surface area contributed by atoms with E-state index in [1.165, 1.54) is 32.8 Å². The highest BCUT2D eigenvalue weighted by atomic mass is 16.5.